The van der Waals surface area contributed by atoms with E-state index in [1.807, 2.05) is 55.5 Å². The van der Waals surface area contributed by atoms with Crippen LogP contribution in [0.1, 0.15) is 18.1 Å². The molecule has 4 rings (SSSR count). The molecule has 0 spiro atoms. The van der Waals surface area contributed by atoms with Crippen molar-refractivity contribution in [1.82, 2.24) is 0 Å². The van der Waals surface area contributed by atoms with Crippen molar-refractivity contribution in [2.45, 2.75) is 13.5 Å². The van der Waals surface area contributed by atoms with E-state index in [9.17, 15) is 4.79 Å². The van der Waals surface area contributed by atoms with E-state index in [0.717, 1.165) is 11.3 Å². The molecule has 168 valence electrons. The first-order valence-corrected chi connectivity index (χ1v) is 12.1. The van der Waals surface area contributed by atoms with Crippen LogP contribution in [-0.2, 0) is 11.4 Å². The van der Waals surface area contributed by atoms with Gasteiger partial charge < -0.3 is 9.47 Å². The fraction of sp³-hybridized carbons (Fsp3) is 0.120. The normalized spacial score (nSPS) is 14.8. The van der Waals surface area contributed by atoms with Crippen molar-refractivity contribution in [1.29, 1.82) is 0 Å². The van der Waals surface area contributed by atoms with Crippen LogP contribution in [0.4, 0.5) is 5.69 Å². The average molecular weight is 516 g/mol. The van der Waals surface area contributed by atoms with Crippen LogP contribution >= 0.6 is 47.2 Å². The second-order valence-corrected chi connectivity index (χ2v) is 9.59. The number of halogens is 2. The smallest absolute Gasteiger partial charge is 0.270 e. The molecule has 0 bridgehead atoms. The highest BCUT2D eigenvalue weighted by Crippen LogP contribution is 2.38. The molecule has 0 N–H and O–H groups in total. The number of carbonyl (C=O) groups is 1. The lowest BCUT2D eigenvalue weighted by Crippen LogP contribution is -2.27. The molecule has 0 radical (unpaired) electrons. The molecule has 3 aromatic rings. The van der Waals surface area contributed by atoms with Crippen LogP contribution in [0.2, 0.25) is 10.0 Å². The topological polar surface area (TPSA) is 38.8 Å². The van der Waals surface area contributed by atoms with Gasteiger partial charge in [-0.15, -0.1) is 0 Å². The first kappa shape index (κ1) is 23.6. The highest BCUT2D eigenvalue weighted by Gasteiger charge is 2.33. The lowest BCUT2D eigenvalue weighted by Gasteiger charge is -2.15. The third-order valence-corrected chi connectivity index (χ3v) is 6.51. The molecule has 0 aromatic heterocycles. The van der Waals surface area contributed by atoms with Crippen molar-refractivity contribution in [2.24, 2.45) is 0 Å². The van der Waals surface area contributed by atoms with Crippen LogP contribution in [0, 0.1) is 0 Å². The zero-order valence-corrected chi connectivity index (χ0v) is 20.7. The minimum Gasteiger partial charge on any atom is -0.494 e. The molecule has 1 aliphatic rings. The quantitative estimate of drug-likeness (QED) is 0.242. The maximum Gasteiger partial charge on any atom is 0.270 e. The third-order valence-electron chi connectivity index (χ3n) is 4.74. The van der Waals surface area contributed by atoms with E-state index >= 15 is 0 Å². The summed E-state index contributed by atoms with van der Waals surface area (Å²) in [5.41, 5.74) is 2.31. The second-order valence-electron chi connectivity index (χ2n) is 7.04. The van der Waals surface area contributed by atoms with Gasteiger partial charge in [0.2, 0.25) is 0 Å². The minimum absolute atomic E-state index is 0.199. The van der Waals surface area contributed by atoms with Gasteiger partial charge in [0.15, 0.2) is 4.32 Å². The molecule has 8 heteroatoms. The molecule has 0 saturated carbocycles. The number of benzene rings is 3. The van der Waals surface area contributed by atoms with Crippen molar-refractivity contribution >= 4 is 69.2 Å². The molecular weight excluding hydrogens is 497 g/mol. The van der Waals surface area contributed by atoms with Crippen molar-refractivity contribution in [2.75, 3.05) is 11.5 Å². The van der Waals surface area contributed by atoms with Gasteiger partial charge in [-0.05, 0) is 73.2 Å². The second kappa shape index (κ2) is 10.6. The van der Waals surface area contributed by atoms with E-state index in [1.165, 1.54) is 16.7 Å². The number of thiocarbonyl (C=S) groups is 1. The summed E-state index contributed by atoms with van der Waals surface area (Å²) < 4.78 is 11.9. The molecule has 1 saturated heterocycles. The number of amides is 1. The van der Waals surface area contributed by atoms with E-state index in [2.05, 4.69) is 0 Å². The van der Waals surface area contributed by atoms with Gasteiger partial charge in [0.05, 0.1) is 17.2 Å². The molecule has 33 heavy (non-hydrogen) atoms. The summed E-state index contributed by atoms with van der Waals surface area (Å²) in [6.45, 7) is 2.82. The molecule has 0 aliphatic carbocycles. The zero-order valence-electron chi connectivity index (χ0n) is 17.6. The minimum atomic E-state index is -0.199. The Balaban J connectivity index is 1.57. The molecule has 1 aliphatic heterocycles. The van der Waals surface area contributed by atoms with Gasteiger partial charge >= 0.3 is 0 Å². The Labute approximate surface area is 212 Å². The van der Waals surface area contributed by atoms with E-state index in [-0.39, 0.29) is 5.91 Å². The van der Waals surface area contributed by atoms with Gasteiger partial charge in [0.1, 0.15) is 18.1 Å². The van der Waals surface area contributed by atoms with E-state index < -0.39 is 0 Å². The Kier molecular flexibility index (Phi) is 7.60. The van der Waals surface area contributed by atoms with Crippen molar-refractivity contribution in [3.63, 3.8) is 0 Å². The third kappa shape index (κ3) is 5.71. The number of hydrogen-bond acceptors (Lipinski definition) is 5. The average Bonchev–Trinajstić information content (AvgIpc) is 3.07. The predicted octanol–water partition coefficient (Wildman–Crippen LogP) is 7.38. The lowest BCUT2D eigenvalue weighted by atomic mass is 10.1. The Morgan fingerprint density at radius 2 is 1.76 bits per heavy atom. The van der Waals surface area contributed by atoms with Gasteiger partial charge in [-0.3, -0.25) is 9.69 Å². The van der Waals surface area contributed by atoms with Crippen LogP contribution < -0.4 is 14.4 Å². The summed E-state index contributed by atoms with van der Waals surface area (Å²) >= 11 is 19.0. The standard InChI is InChI=1S/C25H19Cl2NO3S2/c1-2-30-21-9-7-20(8-10-21)28-24(29)23(33-25(28)32)14-17-13-19(27)6-11-22(17)31-15-16-4-3-5-18(26)12-16/h3-14H,2,15H2,1H3/b23-14+. The van der Waals surface area contributed by atoms with Crippen molar-refractivity contribution < 1.29 is 14.3 Å². The SMILES string of the molecule is CCOc1ccc(N2C(=O)/C(=C\c3cc(Cl)ccc3OCc3cccc(Cl)c3)SC2=S)cc1. The van der Waals surface area contributed by atoms with Crippen LogP contribution in [0.15, 0.2) is 71.6 Å². The number of thioether (sulfide) groups is 1. The van der Waals surface area contributed by atoms with Gasteiger partial charge in [-0.25, -0.2) is 0 Å². The van der Waals surface area contributed by atoms with Gasteiger partial charge in [-0.1, -0.05) is 59.3 Å². The summed E-state index contributed by atoms with van der Waals surface area (Å²) in [4.78, 5) is 15.2. The molecule has 0 atom stereocenters. The van der Waals surface area contributed by atoms with E-state index in [4.69, 9.17) is 44.9 Å². The summed E-state index contributed by atoms with van der Waals surface area (Å²) in [7, 11) is 0. The fourth-order valence-electron chi connectivity index (χ4n) is 3.24. The van der Waals surface area contributed by atoms with Gasteiger partial charge in [0, 0.05) is 15.6 Å². The molecular formula is C25H19Cl2NO3S2. The fourth-order valence-corrected chi connectivity index (χ4v) is 4.92. The molecule has 3 aromatic carbocycles. The van der Waals surface area contributed by atoms with Crippen LogP contribution in [-0.4, -0.2) is 16.8 Å². The first-order chi connectivity index (χ1) is 15.9. The zero-order chi connectivity index (χ0) is 23.4. The first-order valence-electron chi connectivity index (χ1n) is 10.1. The number of anilines is 1. The van der Waals surface area contributed by atoms with Crippen LogP contribution in [0.25, 0.3) is 6.08 Å². The number of carbonyl (C=O) groups excluding carboxylic acids is 1. The van der Waals surface area contributed by atoms with E-state index in [0.29, 0.717) is 49.5 Å². The summed E-state index contributed by atoms with van der Waals surface area (Å²) in [6, 6.07) is 20.0. The highest BCUT2D eigenvalue weighted by atomic mass is 35.5. The predicted molar refractivity (Wildman–Crippen MR) is 140 cm³/mol. The number of rotatable bonds is 7. The highest BCUT2D eigenvalue weighted by molar-refractivity contribution is 8.27. The van der Waals surface area contributed by atoms with Crippen molar-refractivity contribution in [3.8, 4) is 11.5 Å². The number of hydrogen-bond donors (Lipinski definition) is 0. The number of ether oxygens (including phenoxy) is 2. The Morgan fingerprint density at radius 3 is 2.48 bits per heavy atom. The van der Waals surface area contributed by atoms with E-state index in [1.54, 1.807) is 24.3 Å². The largest absolute Gasteiger partial charge is 0.494 e. The summed E-state index contributed by atoms with van der Waals surface area (Å²) in [5, 5.41) is 1.18. The Morgan fingerprint density at radius 1 is 1.00 bits per heavy atom. The van der Waals surface area contributed by atoms with Gasteiger partial charge in [-0.2, -0.15) is 0 Å². The van der Waals surface area contributed by atoms with Gasteiger partial charge in [0.25, 0.3) is 5.91 Å². The Bertz CT molecular complexity index is 1230. The maximum absolute atomic E-state index is 13.2. The molecule has 1 amide bonds. The maximum atomic E-state index is 13.2. The van der Waals surface area contributed by atoms with Crippen molar-refractivity contribution in [3.05, 3.63) is 92.8 Å². The Hall–Kier alpha value is -2.51. The molecule has 1 fully saturated rings. The summed E-state index contributed by atoms with van der Waals surface area (Å²) in [6.07, 6.45) is 1.76. The van der Waals surface area contributed by atoms with Crippen LogP contribution in [0.5, 0.6) is 11.5 Å². The summed E-state index contributed by atoms with van der Waals surface area (Å²) in [5.74, 6) is 1.14. The lowest BCUT2D eigenvalue weighted by molar-refractivity contribution is -0.113. The molecule has 0 unspecified atom stereocenters. The molecule has 4 nitrogen and oxygen atoms in total. The van der Waals surface area contributed by atoms with Crippen LogP contribution in [0.3, 0.4) is 0 Å². The monoisotopic (exact) mass is 515 g/mol. The number of nitrogens with zero attached hydrogens (tertiary/aromatic N) is 1. The molecule has 1 heterocycles.